The molecule has 0 saturated carbocycles. The first-order valence-corrected chi connectivity index (χ1v) is 5.21. The van der Waals surface area contributed by atoms with E-state index in [0.717, 1.165) is 19.0 Å². The number of rotatable bonds is 5. The third-order valence-electron chi connectivity index (χ3n) is 2.89. The summed E-state index contributed by atoms with van der Waals surface area (Å²) in [4.78, 5) is 0. The Morgan fingerprint density at radius 2 is 2.38 bits per heavy atom. The van der Waals surface area contributed by atoms with Gasteiger partial charge in [0.25, 0.3) is 0 Å². The van der Waals surface area contributed by atoms with Gasteiger partial charge in [0.2, 0.25) is 0 Å². The molecule has 0 bridgehead atoms. The van der Waals surface area contributed by atoms with E-state index in [0.29, 0.717) is 12.1 Å². The van der Waals surface area contributed by atoms with E-state index in [1.165, 1.54) is 13.0 Å². The van der Waals surface area contributed by atoms with Crippen LogP contribution in [-0.4, -0.2) is 38.9 Å². The molecule has 3 atom stereocenters. The minimum Gasteiger partial charge on any atom is -0.380 e. The molecule has 13 heavy (non-hydrogen) atoms. The van der Waals surface area contributed by atoms with Gasteiger partial charge in [-0.05, 0) is 25.8 Å². The Kier molecular flexibility index (Phi) is 4.70. The highest BCUT2D eigenvalue weighted by molar-refractivity contribution is 4.82. The molecule has 3 unspecified atom stereocenters. The van der Waals surface area contributed by atoms with Gasteiger partial charge in [-0.15, -0.1) is 0 Å². The van der Waals surface area contributed by atoms with E-state index in [-0.39, 0.29) is 0 Å². The van der Waals surface area contributed by atoms with Crippen molar-refractivity contribution in [1.82, 2.24) is 10.6 Å². The lowest BCUT2D eigenvalue weighted by Gasteiger charge is -2.17. The highest BCUT2D eigenvalue weighted by Gasteiger charge is 2.21. The van der Waals surface area contributed by atoms with Crippen molar-refractivity contribution in [2.45, 2.75) is 32.4 Å². The standard InChI is InChI=1S/C10H22N2O/c1-8-4-5-12-10(8)7-11-6-9(2)13-3/h8-12H,4-7H2,1-3H3. The minimum atomic E-state index is 0.316. The van der Waals surface area contributed by atoms with E-state index in [4.69, 9.17) is 4.74 Å². The van der Waals surface area contributed by atoms with Gasteiger partial charge in [-0.2, -0.15) is 0 Å². The fourth-order valence-corrected chi connectivity index (χ4v) is 1.70. The highest BCUT2D eigenvalue weighted by Crippen LogP contribution is 2.12. The third kappa shape index (κ3) is 3.63. The average Bonchev–Trinajstić information content (AvgIpc) is 2.52. The zero-order chi connectivity index (χ0) is 9.68. The van der Waals surface area contributed by atoms with E-state index >= 15 is 0 Å². The smallest absolute Gasteiger partial charge is 0.0667 e. The van der Waals surface area contributed by atoms with Crippen LogP contribution in [0.15, 0.2) is 0 Å². The van der Waals surface area contributed by atoms with Crippen LogP contribution in [-0.2, 0) is 4.74 Å². The largest absolute Gasteiger partial charge is 0.380 e. The molecule has 3 heteroatoms. The molecule has 0 aliphatic carbocycles. The summed E-state index contributed by atoms with van der Waals surface area (Å²) in [6, 6.07) is 0.657. The Balaban J connectivity index is 2.05. The maximum absolute atomic E-state index is 5.16. The molecule has 1 rings (SSSR count). The monoisotopic (exact) mass is 186 g/mol. The lowest BCUT2D eigenvalue weighted by Crippen LogP contribution is -2.39. The van der Waals surface area contributed by atoms with Crippen molar-refractivity contribution >= 4 is 0 Å². The van der Waals surface area contributed by atoms with Crippen LogP contribution >= 0.6 is 0 Å². The molecule has 0 amide bonds. The van der Waals surface area contributed by atoms with Gasteiger partial charge >= 0.3 is 0 Å². The number of hydrogen-bond donors (Lipinski definition) is 2. The van der Waals surface area contributed by atoms with E-state index in [2.05, 4.69) is 24.5 Å². The van der Waals surface area contributed by atoms with Gasteiger partial charge in [-0.1, -0.05) is 6.92 Å². The number of methoxy groups -OCH3 is 1. The second-order valence-electron chi connectivity index (χ2n) is 4.03. The molecule has 2 N–H and O–H groups in total. The molecule has 3 nitrogen and oxygen atoms in total. The quantitative estimate of drug-likeness (QED) is 0.660. The molecule has 78 valence electrons. The minimum absolute atomic E-state index is 0.316. The van der Waals surface area contributed by atoms with E-state index < -0.39 is 0 Å². The maximum Gasteiger partial charge on any atom is 0.0667 e. The maximum atomic E-state index is 5.16. The first-order valence-electron chi connectivity index (χ1n) is 5.21. The van der Waals surface area contributed by atoms with Crippen molar-refractivity contribution in [1.29, 1.82) is 0 Å². The Morgan fingerprint density at radius 3 is 2.92 bits per heavy atom. The summed E-state index contributed by atoms with van der Waals surface area (Å²) < 4.78 is 5.16. The van der Waals surface area contributed by atoms with Gasteiger partial charge in [0.15, 0.2) is 0 Å². The molecule has 0 radical (unpaired) electrons. The first-order chi connectivity index (χ1) is 6.24. The topological polar surface area (TPSA) is 33.3 Å². The summed E-state index contributed by atoms with van der Waals surface area (Å²) in [5.41, 5.74) is 0. The Labute approximate surface area is 81.2 Å². The number of ether oxygens (including phenoxy) is 1. The highest BCUT2D eigenvalue weighted by atomic mass is 16.5. The van der Waals surface area contributed by atoms with Crippen molar-refractivity contribution in [2.75, 3.05) is 26.7 Å². The molecule has 0 aromatic carbocycles. The lowest BCUT2D eigenvalue weighted by atomic mass is 10.0. The second kappa shape index (κ2) is 5.58. The molecule has 1 aliphatic heterocycles. The van der Waals surface area contributed by atoms with Gasteiger partial charge in [-0.25, -0.2) is 0 Å². The first kappa shape index (κ1) is 11.0. The molecule has 1 heterocycles. The van der Waals surface area contributed by atoms with E-state index in [9.17, 15) is 0 Å². The van der Waals surface area contributed by atoms with Crippen molar-refractivity contribution < 1.29 is 4.74 Å². The van der Waals surface area contributed by atoms with Gasteiger partial charge in [0, 0.05) is 26.2 Å². The molecule has 0 spiro atoms. The molecule has 1 saturated heterocycles. The molecular formula is C10H22N2O. The summed E-state index contributed by atoms with van der Waals surface area (Å²) in [6.45, 7) is 7.58. The predicted octanol–water partition coefficient (Wildman–Crippen LogP) is 0.609. The van der Waals surface area contributed by atoms with Crippen LogP contribution in [0.3, 0.4) is 0 Å². The molecule has 0 aromatic heterocycles. The number of nitrogens with one attached hydrogen (secondary N) is 2. The van der Waals surface area contributed by atoms with Crippen LogP contribution < -0.4 is 10.6 Å². The SMILES string of the molecule is COC(C)CNCC1NCCC1C. The Morgan fingerprint density at radius 1 is 1.62 bits per heavy atom. The van der Waals surface area contributed by atoms with Gasteiger partial charge in [-0.3, -0.25) is 0 Å². The van der Waals surface area contributed by atoms with Crippen LogP contribution in [0.5, 0.6) is 0 Å². The zero-order valence-corrected chi connectivity index (χ0v) is 8.97. The lowest BCUT2D eigenvalue weighted by molar-refractivity contribution is 0.116. The van der Waals surface area contributed by atoms with Crippen LogP contribution in [0.2, 0.25) is 0 Å². The summed E-state index contributed by atoms with van der Waals surface area (Å²) in [5.74, 6) is 0.811. The summed E-state index contributed by atoms with van der Waals surface area (Å²) in [5, 5.41) is 6.92. The molecule has 0 aromatic rings. The van der Waals surface area contributed by atoms with Crippen LogP contribution in [0, 0.1) is 5.92 Å². The van der Waals surface area contributed by atoms with Crippen LogP contribution in [0.4, 0.5) is 0 Å². The van der Waals surface area contributed by atoms with Crippen LogP contribution in [0.25, 0.3) is 0 Å². The average molecular weight is 186 g/mol. The van der Waals surface area contributed by atoms with Crippen LogP contribution in [0.1, 0.15) is 20.3 Å². The zero-order valence-electron chi connectivity index (χ0n) is 8.97. The fraction of sp³-hybridized carbons (Fsp3) is 1.00. The Bertz CT molecular complexity index is 141. The third-order valence-corrected chi connectivity index (χ3v) is 2.89. The Hall–Kier alpha value is -0.120. The number of hydrogen-bond acceptors (Lipinski definition) is 3. The van der Waals surface area contributed by atoms with E-state index in [1.54, 1.807) is 7.11 Å². The summed E-state index contributed by atoms with van der Waals surface area (Å²) in [6.07, 6.45) is 1.63. The van der Waals surface area contributed by atoms with Crippen molar-refractivity contribution in [3.8, 4) is 0 Å². The van der Waals surface area contributed by atoms with Gasteiger partial charge in [0.1, 0.15) is 0 Å². The van der Waals surface area contributed by atoms with Gasteiger partial charge < -0.3 is 15.4 Å². The molecular weight excluding hydrogens is 164 g/mol. The predicted molar refractivity (Wildman–Crippen MR) is 54.9 cm³/mol. The van der Waals surface area contributed by atoms with E-state index in [1.807, 2.05) is 0 Å². The summed E-state index contributed by atoms with van der Waals surface area (Å²) >= 11 is 0. The van der Waals surface area contributed by atoms with Gasteiger partial charge in [0.05, 0.1) is 6.10 Å². The second-order valence-corrected chi connectivity index (χ2v) is 4.03. The summed E-state index contributed by atoms with van der Waals surface area (Å²) in [7, 11) is 1.75. The van der Waals surface area contributed by atoms with Crippen molar-refractivity contribution in [2.24, 2.45) is 5.92 Å². The van der Waals surface area contributed by atoms with Crippen molar-refractivity contribution in [3.63, 3.8) is 0 Å². The molecule has 1 fully saturated rings. The molecule has 1 aliphatic rings. The fourth-order valence-electron chi connectivity index (χ4n) is 1.70. The van der Waals surface area contributed by atoms with Crippen molar-refractivity contribution in [3.05, 3.63) is 0 Å². The normalized spacial score (nSPS) is 30.7.